The predicted octanol–water partition coefficient (Wildman–Crippen LogP) is 1.85. The summed E-state index contributed by atoms with van der Waals surface area (Å²) in [5.74, 6) is -0.655. The Morgan fingerprint density at radius 3 is 2.45 bits per heavy atom. The van der Waals surface area contributed by atoms with Crippen LogP contribution in [-0.2, 0) is 23.6 Å². The third-order valence-corrected chi connectivity index (χ3v) is 5.85. The molecule has 162 valence electrons. The SMILES string of the molecule is CCOC(=O)c1ccc(NC(=O)CSc2c(C)cnc3c2c(=O)n(C)c(=O)n3C)cc1. The van der Waals surface area contributed by atoms with Crippen LogP contribution in [0, 0.1) is 6.92 Å². The van der Waals surface area contributed by atoms with Gasteiger partial charge in [0.05, 0.1) is 23.3 Å². The summed E-state index contributed by atoms with van der Waals surface area (Å²) in [5, 5.41) is 3.06. The van der Waals surface area contributed by atoms with Crippen molar-refractivity contribution in [3.63, 3.8) is 0 Å². The van der Waals surface area contributed by atoms with Crippen molar-refractivity contribution in [2.45, 2.75) is 18.7 Å². The molecule has 0 saturated heterocycles. The third kappa shape index (κ3) is 4.53. The highest BCUT2D eigenvalue weighted by molar-refractivity contribution is 8.00. The van der Waals surface area contributed by atoms with Gasteiger partial charge in [0, 0.05) is 30.9 Å². The van der Waals surface area contributed by atoms with E-state index in [-0.39, 0.29) is 23.9 Å². The molecule has 1 amide bonds. The van der Waals surface area contributed by atoms with E-state index in [2.05, 4.69) is 10.3 Å². The lowest BCUT2D eigenvalue weighted by molar-refractivity contribution is -0.113. The maximum absolute atomic E-state index is 12.7. The van der Waals surface area contributed by atoms with Crippen molar-refractivity contribution in [3.8, 4) is 0 Å². The summed E-state index contributed by atoms with van der Waals surface area (Å²) in [6, 6.07) is 6.39. The number of nitrogens with one attached hydrogen (secondary N) is 1. The van der Waals surface area contributed by atoms with E-state index in [1.54, 1.807) is 51.4 Å². The molecule has 0 aliphatic carbocycles. The van der Waals surface area contributed by atoms with Gasteiger partial charge in [0.2, 0.25) is 5.91 Å². The number of aryl methyl sites for hydroxylation is 2. The lowest BCUT2D eigenvalue weighted by Crippen LogP contribution is -2.37. The zero-order chi connectivity index (χ0) is 22.7. The van der Waals surface area contributed by atoms with Gasteiger partial charge in [-0.15, -0.1) is 11.8 Å². The van der Waals surface area contributed by atoms with Crippen LogP contribution in [0.1, 0.15) is 22.8 Å². The molecule has 0 aliphatic rings. The first-order chi connectivity index (χ1) is 14.7. The molecule has 3 rings (SSSR count). The van der Waals surface area contributed by atoms with Crippen LogP contribution in [0.5, 0.6) is 0 Å². The monoisotopic (exact) mass is 442 g/mol. The minimum Gasteiger partial charge on any atom is -0.462 e. The summed E-state index contributed by atoms with van der Waals surface area (Å²) in [7, 11) is 2.96. The quantitative estimate of drug-likeness (QED) is 0.458. The minimum atomic E-state index is -0.464. The number of aromatic nitrogens is 3. The van der Waals surface area contributed by atoms with E-state index in [1.165, 1.54) is 23.4 Å². The number of ether oxygens (including phenoxy) is 1. The van der Waals surface area contributed by atoms with Gasteiger partial charge in [-0.25, -0.2) is 14.6 Å². The van der Waals surface area contributed by atoms with Gasteiger partial charge in [0.1, 0.15) is 5.65 Å². The standard InChI is InChI=1S/C21H22N4O5S/c1-5-30-20(28)13-6-8-14(9-7-13)23-15(26)11-31-17-12(2)10-22-18-16(17)19(27)25(4)21(29)24(18)3/h6-10H,5,11H2,1-4H3,(H,23,26). The van der Waals surface area contributed by atoms with E-state index < -0.39 is 17.2 Å². The van der Waals surface area contributed by atoms with E-state index in [9.17, 15) is 19.2 Å². The summed E-state index contributed by atoms with van der Waals surface area (Å²) >= 11 is 1.20. The molecule has 0 fully saturated rings. The largest absolute Gasteiger partial charge is 0.462 e. The smallest absolute Gasteiger partial charge is 0.338 e. The van der Waals surface area contributed by atoms with Gasteiger partial charge in [0.25, 0.3) is 5.56 Å². The van der Waals surface area contributed by atoms with E-state index in [4.69, 9.17) is 4.74 Å². The van der Waals surface area contributed by atoms with E-state index in [1.807, 2.05) is 0 Å². The number of rotatable bonds is 6. The van der Waals surface area contributed by atoms with Crippen molar-refractivity contribution in [2.75, 3.05) is 17.7 Å². The first-order valence-electron chi connectivity index (χ1n) is 9.49. The summed E-state index contributed by atoms with van der Waals surface area (Å²) in [5.41, 5.74) is 1.03. The maximum atomic E-state index is 12.7. The summed E-state index contributed by atoms with van der Waals surface area (Å²) in [4.78, 5) is 53.9. The Morgan fingerprint density at radius 2 is 1.81 bits per heavy atom. The minimum absolute atomic E-state index is 0.0472. The zero-order valence-corrected chi connectivity index (χ0v) is 18.4. The van der Waals surface area contributed by atoms with E-state index in [0.29, 0.717) is 21.5 Å². The Morgan fingerprint density at radius 1 is 1.13 bits per heavy atom. The third-order valence-electron chi connectivity index (χ3n) is 4.63. The molecule has 0 saturated carbocycles. The lowest BCUT2D eigenvalue weighted by Gasteiger charge is -2.12. The second-order valence-corrected chi connectivity index (χ2v) is 7.79. The van der Waals surface area contributed by atoms with Crippen LogP contribution in [0.25, 0.3) is 11.0 Å². The van der Waals surface area contributed by atoms with Crippen molar-refractivity contribution in [3.05, 3.63) is 62.4 Å². The van der Waals surface area contributed by atoms with E-state index >= 15 is 0 Å². The van der Waals surface area contributed by atoms with Gasteiger partial charge in [-0.2, -0.15) is 0 Å². The normalized spacial score (nSPS) is 10.8. The number of fused-ring (bicyclic) bond motifs is 1. The number of nitrogens with zero attached hydrogens (tertiary/aromatic N) is 3. The fraction of sp³-hybridized carbons (Fsp3) is 0.286. The highest BCUT2D eigenvalue weighted by atomic mass is 32.2. The van der Waals surface area contributed by atoms with Gasteiger partial charge >= 0.3 is 11.7 Å². The van der Waals surface area contributed by atoms with Crippen LogP contribution < -0.4 is 16.6 Å². The predicted molar refractivity (Wildman–Crippen MR) is 119 cm³/mol. The Kier molecular flexibility index (Phi) is 6.59. The molecular weight excluding hydrogens is 420 g/mol. The molecule has 0 atom stereocenters. The van der Waals surface area contributed by atoms with Crippen molar-refractivity contribution >= 4 is 40.4 Å². The molecule has 3 aromatic rings. The highest BCUT2D eigenvalue weighted by Crippen LogP contribution is 2.27. The van der Waals surface area contributed by atoms with Crippen LogP contribution >= 0.6 is 11.8 Å². The molecule has 0 bridgehead atoms. The molecular formula is C21H22N4O5S. The number of thioether (sulfide) groups is 1. The number of hydrogen-bond acceptors (Lipinski definition) is 7. The van der Waals surface area contributed by atoms with Crippen LogP contribution in [0.15, 0.2) is 44.9 Å². The number of hydrogen-bond donors (Lipinski definition) is 1. The molecule has 0 unspecified atom stereocenters. The van der Waals surface area contributed by atoms with Gasteiger partial charge in [-0.05, 0) is 43.7 Å². The highest BCUT2D eigenvalue weighted by Gasteiger charge is 2.17. The fourth-order valence-electron chi connectivity index (χ4n) is 3.02. The summed E-state index contributed by atoms with van der Waals surface area (Å²) in [6.45, 7) is 3.81. The molecule has 0 aliphatic heterocycles. The number of carbonyl (C=O) groups is 2. The lowest BCUT2D eigenvalue weighted by atomic mass is 10.2. The van der Waals surface area contributed by atoms with Gasteiger partial charge in [-0.3, -0.25) is 18.7 Å². The maximum Gasteiger partial charge on any atom is 0.338 e. The Labute approximate surface area is 182 Å². The van der Waals surface area contributed by atoms with Crippen molar-refractivity contribution in [2.24, 2.45) is 14.1 Å². The fourth-order valence-corrected chi connectivity index (χ4v) is 3.97. The van der Waals surface area contributed by atoms with Crippen LogP contribution in [0.2, 0.25) is 0 Å². The zero-order valence-electron chi connectivity index (χ0n) is 17.6. The molecule has 0 radical (unpaired) electrons. The topological polar surface area (TPSA) is 112 Å². The molecule has 1 N–H and O–H groups in total. The molecule has 0 spiro atoms. The number of carbonyl (C=O) groups excluding carboxylic acids is 2. The molecule has 2 heterocycles. The first-order valence-corrected chi connectivity index (χ1v) is 10.5. The Hall–Kier alpha value is -3.40. The second kappa shape index (κ2) is 9.17. The van der Waals surface area contributed by atoms with E-state index in [0.717, 1.165) is 10.1 Å². The van der Waals surface area contributed by atoms with Crippen LogP contribution in [-0.4, -0.2) is 38.4 Å². The number of anilines is 1. The molecule has 2 aromatic heterocycles. The average molecular weight is 442 g/mol. The Balaban J connectivity index is 1.79. The van der Waals surface area contributed by atoms with Crippen molar-refractivity contribution < 1.29 is 14.3 Å². The molecule has 9 nitrogen and oxygen atoms in total. The average Bonchev–Trinajstić information content (AvgIpc) is 2.75. The number of amides is 1. The van der Waals surface area contributed by atoms with Gasteiger partial charge < -0.3 is 10.1 Å². The van der Waals surface area contributed by atoms with Crippen LogP contribution in [0.4, 0.5) is 5.69 Å². The van der Waals surface area contributed by atoms with Crippen molar-refractivity contribution in [1.82, 2.24) is 14.1 Å². The summed E-state index contributed by atoms with van der Waals surface area (Å²) in [6.07, 6.45) is 1.58. The molecule has 10 heteroatoms. The first kappa shape index (κ1) is 22.3. The number of benzene rings is 1. The Bertz CT molecular complexity index is 1280. The number of esters is 1. The summed E-state index contributed by atoms with van der Waals surface area (Å²) < 4.78 is 7.27. The van der Waals surface area contributed by atoms with Crippen LogP contribution in [0.3, 0.4) is 0 Å². The van der Waals surface area contributed by atoms with Gasteiger partial charge in [0.15, 0.2) is 0 Å². The number of pyridine rings is 1. The molecule has 1 aromatic carbocycles. The van der Waals surface area contributed by atoms with Crippen molar-refractivity contribution in [1.29, 1.82) is 0 Å². The molecule has 31 heavy (non-hydrogen) atoms. The second-order valence-electron chi connectivity index (χ2n) is 6.81. The van der Waals surface area contributed by atoms with Gasteiger partial charge in [-0.1, -0.05) is 0 Å².